The molecule has 0 saturated heterocycles. The maximum absolute atomic E-state index is 2.29. The summed E-state index contributed by atoms with van der Waals surface area (Å²) in [5, 5.41) is 0. The van der Waals surface area contributed by atoms with Crippen molar-refractivity contribution in [3.8, 4) is 33.4 Å². The number of hydrogen-bond donors (Lipinski definition) is 0. The van der Waals surface area contributed by atoms with Crippen molar-refractivity contribution in [1.29, 1.82) is 0 Å². The summed E-state index contributed by atoms with van der Waals surface area (Å²) in [5.41, 5.74) is 10.3. The SMILES string of the molecule is CN(C)Cc1cc[c-](-c2ccc(-c3ccc(-[c-]4ccc(CN(C)C)c4)cc3)cc2)c1.[Fe+2].[Fe+2].c1cc[cH-]c1.c1cc[cH-]c1. The quantitative estimate of drug-likeness (QED) is 0.128. The number of rotatable bonds is 7. The van der Waals surface area contributed by atoms with Gasteiger partial charge in [0.15, 0.2) is 0 Å². The molecule has 0 N–H and O–H groups in total. The van der Waals surface area contributed by atoms with Gasteiger partial charge in [0.25, 0.3) is 0 Å². The summed E-state index contributed by atoms with van der Waals surface area (Å²) < 4.78 is 0. The summed E-state index contributed by atoms with van der Waals surface area (Å²) in [6.45, 7) is 1.95. The Balaban J connectivity index is 0.000000433. The summed E-state index contributed by atoms with van der Waals surface area (Å²) in [5.74, 6) is 0. The Kier molecular flexibility index (Phi) is 15.3. The molecule has 0 fully saturated rings. The third kappa shape index (κ3) is 11.2. The maximum Gasteiger partial charge on any atom is 2.00 e. The molecule has 0 aromatic heterocycles. The first-order valence-corrected chi connectivity index (χ1v) is 13.8. The Labute approximate surface area is 274 Å². The van der Waals surface area contributed by atoms with Crippen LogP contribution in [0.3, 0.4) is 0 Å². The van der Waals surface area contributed by atoms with E-state index < -0.39 is 0 Å². The fourth-order valence-corrected chi connectivity index (χ4v) is 4.62. The predicted molar refractivity (Wildman–Crippen MR) is 173 cm³/mol. The predicted octanol–water partition coefficient (Wildman–Crippen LogP) is 9.05. The minimum atomic E-state index is 0. The van der Waals surface area contributed by atoms with Crippen molar-refractivity contribution in [2.45, 2.75) is 13.1 Å². The van der Waals surface area contributed by atoms with Crippen molar-refractivity contribution in [1.82, 2.24) is 9.80 Å². The van der Waals surface area contributed by atoms with Gasteiger partial charge in [0.2, 0.25) is 0 Å². The summed E-state index contributed by atoms with van der Waals surface area (Å²) in [6, 6.07) is 51.2. The first-order chi connectivity index (χ1) is 19.5. The van der Waals surface area contributed by atoms with Crippen molar-refractivity contribution in [3.05, 3.63) is 157 Å². The van der Waals surface area contributed by atoms with Gasteiger partial charge in [-0.2, -0.15) is 36.4 Å². The molecule has 0 spiro atoms. The molecule has 0 aliphatic rings. The van der Waals surface area contributed by atoms with Crippen LogP contribution >= 0.6 is 0 Å². The van der Waals surface area contributed by atoms with E-state index in [0.29, 0.717) is 0 Å². The molecular formula is C38H40Fe2N2. The fourth-order valence-electron chi connectivity index (χ4n) is 4.62. The molecule has 6 rings (SSSR count). The van der Waals surface area contributed by atoms with Crippen LogP contribution in [0.5, 0.6) is 0 Å². The standard InChI is InChI=1S/C28H30N2.2C5H5.2Fe/c1-29(2)19-21-5-7-27(17-21)25-13-9-23(10-14-25)24-11-15-26(16-12-24)28-8-6-22(18-28)20-30(3)4;2*1-2-4-5-3-1;;/h5-18H,19-20H2,1-4H3;2*1-5H;;/q-2;2*-1;2*+2. The number of hydrogen-bond acceptors (Lipinski definition) is 2. The normalized spacial score (nSPS) is 10.1. The van der Waals surface area contributed by atoms with Gasteiger partial charge < -0.3 is 9.80 Å². The minimum Gasteiger partial charge on any atom is -0.313 e. The number of nitrogens with zero attached hydrogens (tertiary/aromatic N) is 2. The second kappa shape index (κ2) is 18.4. The molecule has 0 saturated carbocycles. The molecule has 0 bridgehead atoms. The van der Waals surface area contributed by atoms with Gasteiger partial charge >= 0.3 is 34.1 Å². The molecular weight excluding hydrogens is 596 g/mol. The summed E-state index contributed by atoms with van der Waals surface area (Å²) in [7, 11) is 8.42. The molecule has 42 heavy (non-hydrogen) atoms. The van der Waals surface area contributed by atoms with E-state index in [4.69, 9.17) is 0 Å². The fraction of sp³-hybridized carbons (Fsp3) is 0.158. The first kappa shape index (κ1) is 35.0. The van der Waals surface area contributed by atoms with Crippen molar-refractivity contribution in [2.75, 3.05) is 28.2 Å². The van der Waals surface area contributed by atoms with Crippen molar-refractivity contribution < 1.29 is 34.1 Å². The zero-order valence-corrected chi connectivity index (χ0v) is 27.1. The van der Waals surface area contributed by atoms with E-state index in [1.165, 1.54) is 44.5 Å². The first-order valence-electron chi connectivity index (χ1n) is 13.8. The van der Waals surface area contributed by atoms with Gasteiger partial charge in [0, 0.05) is 0 Å². The summed E-state index contributed by atoms with van der Waals surface area (Å²) in [6.07, 6.45) is 0. The maximum atomic E-state index is 2.29. The molecule has 0 radical (unpaired) electrons. The van der Waals surface area contributed by atoms with E-state index in [0.717, 1.165) is 13.1 Å². The summed E-state index contributed by atoms with van der Waals surface area (Å²) >= 11 is 0. The molecule has 0 heterocycles. The van der Waals surface area contributed by atoms with Gasteiger partial charge in [-0.1, -0.05) is 35.4 Å². The minimum absolute atomic E-state index is 0. The molecule has 0 aliphatic carbocycles. The Morgan fingerprint density at radius 2 is 0.833 bits per heavy atom. The summed E-state index contributed by atoms with van der Waals surface area (Å²) in [4.78, 5) is 4.40. The van der Waals surface area contributed by atoms with Gasteiger partial charge in [0.05, 0.1) is 0 Å². The largest absolute Gasteiger partial charge is 2.00 e. The third-order valence-corrected chi connectivity index (χ3v) is 6.51. The molecule has 0 atom stereocenters. The van der Waals surface area contributed by atoms with Crippen LogP contribution in [0.1, 0.15) is 11.1 Å². The van der Waals surface area contributed by atoms with Gasteiger partial charge in [-0.05, 0) is 52.4 Å². The van der Waals surface area contributed by atoms with E-state index in [2.05, 4.69) is 123 Å². The van der Waals surface area contributed by atoms with Crippen LogP contribution in [0, 0.1) is 0 Å². The van der Waals surface area contributed by atoms with Crippen LogP contribution in [-0.4, -0.2) is 38.0 Å². The van der Waals surface area contributed by atoms with Crippen LogP contribution < -0.4 is 0 Å². The molecule has 6 aromatic rings. The molecule has 0 aliphatic heterocycles. The van der Waals surface area contributed by atoms with E-state index >= 15 is 0 Å². The Morgan fingerprint density at radius 3 is 1.10 bits per heavy atom. The van der Waals surface area contributed by atoms with E-state index in [-0.39, 0.29) is 34.1 Å². The molecule has 6 aromatic carbocycles. The van der Waals surface area contributed by atoms with Gasteiger partial charge in [-0.15, -0.1) is 82.9 Å². The second-order valence-electron chi connectivity index (χ2n) is 10.6. The van der Waals surface area contributed by atoms with E-state index in [9.17, 15) is 0 Å². The van der Waals surface area contributed by atoms with Crippen molar-refractivity contribution in [2.24, 2.45) is 0 Å². The van der Waals surface area contributed by atoms with E-state index in [1.54, 1.807) is 0 Å². The Morgan fingerprint density at radius 1 is 0.500 bits per heavy atom. The van der Waals surface area contributed by atoms with Crippen LogP contribution in [0.4, 0.5) is 0 Å². The average molecular weight is 636 g/mol. The van der Waals surface area contributed by atoms with Gasteiger partial charge in [-0.25, -0.2) is 24.3 Å². The Hall–Kier alpha value is -3.20. The van der Waals surface area contributed by atoms with Crippen LogP contribution in [-0.2, 0) is 47.2 Å². The monoisotopic (exact) mass is 636 g/mol. The molecule has 0 unspecified atom stereocenters. The van der Waals surface area contributed by atoms with Crippen LogP contribution in [0.25, 0.3) is 33.4 Å². The van der Waals surface area contributed by atoms with Crippen LogP contribution in [0.2, 0.25) is 0 Å². The molecule has 218 valence electrons. The second-order valence-corrected chi connectivity index (χ2v) is 10.6. The zero-order valence-electron chi connectivity index (χ0n) is 24.9. The smallest absolute Gasteiger partial charge is 0.313 e. The third-order valence-electron chi connectivity index (χ3n) is 6.51. The van der Waals surface area contributed by atoms with Crippen molar-refractivity contribution in [3.63, 3.8) is 0 Å². The topological polar surface area (TPSA) is 6.48 Å². The average Bonchev–Trinajstić information content (AvgIpc) is 3.78. The van der Waals surface area contributed by atoms with E-state index in [1.807, 2.05) is 60.7 Å². The molecule has 2 nitrogen and oxygen atoms in total. The van der Waals surface area contributed by atoms with Crippen LogP contribution in [0.15, 0.2) is 146 Å². The molecule has 4 heteroatoms. The zero-order chi connectivity index (χ0) is 28.2. The van der Waals surface area contributed by atoms with Crippen molar-refractivity contribution >= 4 is 0 Å². The van der Waals surface area contributed by atoms with Gasteiger partial charge in [0.1, 0.15) is 0 Å². The number of benzene rings is 2. The van der Waals surface area contributed by atoms with Gasteiger partial charge in [-0.3, -0.25) is 0 Å². The Bertz CT molecular complexity index is 1320. The molecule has 0 amide bonds.